The van der Waals surface area contributed by atoms with Gasteiger partial charge in [-0.1, -0.05) is 30.3 Å². The third-order valence-electron chi connectivity index (χ3n) is 5.20. The maximum Gasteiger partial charge on any atom is 0.163 e. The molecule has 4 aromatic rings. The number of rotatable bonds is 3. The smallest absolute Gasteiger partial charge is 0.163 e. The molecule has 0 amide bonds. The summed E-state index contributed by atoms with van der Waals surface area (Å²) in [6.07, 6.45) is 3.59. The van der Waals surface area contributed by atoms with Crippen LogP contribution in [0.1, 0.15) is 0 Å². The van der Waals surface area contributed by atoms with Crippen LogP contribution in [-0.4, -0.2) is 41.1 Å². The average Bonchev–Trinajstić information content (AvgIpc) is 2.80. The van der Waals surface area contributed by atoms with E-state index >= 15 is 0 Å². The van der Waals surface area contributed by atoms with E-state index in [-0.39, 0.29) is 0 Å². The van der Waals surface area contributed by atoms with Crippen molar-refractivity contribution in [3.05, 3.63) is 79.1 Å². The molecule has 5 rings (SSSR count). The van der Waals surface area contributed by atoms with Crippen molar-refractivity contribution in [2.45, 2.75) is 0 Å². The zero-order chi connectivity index (χ0) is 18.8. The third kappa shape index (κ3) is 3.16. The Hall–Kier alpha value is -3.47. The van der Waals surface area contributed by atoms with Gasteiger partial charge in [0.1, 0.15) is 5.82 Å². The predicted octanol–water partition coefficient (Wildman–Crippen LogP) is 4.02. The molecule has 1 aliphatic heterocycles. The topological polar surface area (TPSA) is 45.2 Å². The number of anilines is 2. The normalized spacial score (nSPS) is 14.4. The Labute approximate surface area is 164 Å². The number of hydrogen-bond acceptors (Lipinski definition) is 5. The molecule has 1 aliphatic rings. The van der Waals surface area contributed by atoms with Gasteiger partial charge >= 0.3 is 0 Å². The van der Waals surface area contributed by atoms with Gasteiger partial charge in [-0.25, -0.2) is 9.97 Å². The summed E-state index contributed by atoms with van der Waals surface area (Å²) >= 11 is 0. The number of piperazine rings is 1. The molecule has 28 heavy (non-hydrogen) atoms. The minimum absolute atomic E-state index is 0.729. The number of fused-ring (bicyclic) bond motifs is 1. The fourth-order valence-corrected chi connectivity index (χ4v) is 3.74. The Morgan fingerprint density at radius 1 is 0.679 bits per heavy atom. The van der Waals surface area contributed by atoms with Gasteiger partial charge < -0.3 is 9.80 Å². The highest BCUT2D eigenvalue weighted by Gasteiger charge is 2.21. The molecule has 3 heterocycles. The standard InChI is InChI=1S/C23H21N5/c1-2-8-19(9-3-1)27-13-15-28(16-14-27)23-20-10-4-5-11-21(20)25-22(26-23)18-7-6-12-24-17-18/h1-12,17H,13-16H2. The third-order valence-corrected chi connectivity index (χ3v) is 5.20. The first kappa shape index (κ1) is 16.7. The first-order valence-corrected chi connectivity index (χ1v) is 9.61. The summed E-state index contributed by atoms with van der Waals surface area (Å²) in [5, 5.41) is 1.10. The zero-order valence-electron chi connectivity index (χ0n) is 15.6. The van der Waals surface area contributed by atoms with Crippen LogP contribution in [-0.2, 0) is 0 Å². The fraction of sp³-hybridized carbons (Fsp3) is 0.174. The van der Waals surface area contributed by atoms with E-state index in [4.69, 9.17) is 9.97 Å². The van der Waals surface area contributed by atoms with Crippen molar-refractivity contribution >= 4 is 22.4 Å². The van der Waals surface area contributed by atoms with E-state index in [1.54, 1.807) is 6.20 Å². The lowest BCUT2D eigenvalue weighted by Gasteiger charge is -2.37. The van der Waals surface area contributed by atoms with Crippen molar-refractivity contribution in [1.29, 1.82) is 0 Å². The first-order valence-electron chi connectivity index (χ1n) is 9.61. The van der Waals surface area contributed by atoms with Crippen molar-refractivity contribution in [2.24, 2.45) is 0 Å². The molecule has 0 bridgehead atoms. The van der Waals surface area contributed by atoms with Crippen LogP contribution < -0.4 is 9.80 Å². The second kappa shape index (κ2) is 7.27. The summed E-state index contributed by atoms with van der Waals surface area (Å²) in [6.45, 7) is 3.82. The van der Waals surface area contributed by atoms with E-state index in [1.807, 2.05) is 24.4 Å². The molecule has 0 aliphatic carbocycles. The maximum atomic E-state index is 4.95. The number of pyridine rings is 1. The number of hydrogen-bond donors (Lipinski definition) is 0. The summed E-state index contributed by atoms with van der Waals surface area (Å²) in [4.78, 5) is 18.8. The first-order chi connectivity index (χ1) is 13.9. The van der Waals surface area contributed by atoms with Crippen molar-refractivity contribution in [3.63, 3.8) is 0 Å². The Balaban J connectivity index is 1.49. The molecule has 0 saturated carbocycles. The van der Waals surface area contributed by atoms with Crippen LogP contribution in [0.3, 0.4) is 0 Å². The van der Waals surface area contributed by atoms with Gasteiger partial charge in [0.05, 0.1) is 5.52 Å². The quantitative estimate of drug-likeness (QED) is 0.547. The summed E-state index contributed by atoms with van der Waals surface area (Å²) in [7, 11) is 0. The van der Waals surface area contributed by atoms with Crippen LogP contribution in [0.15, 0.2) is 79.1 Å². The summed E-state index contributed by atoms with van der Waals surface area (Å²) < 4.78 is 0. The molecule has 0 radical (unpaired) electrons. The van der Waals surface area contributed by atoms with Gasteiger partial charge in [-0.15, -0.1) is 0 Å². The second-order valence-electron chi connectivity index (χ2n) is 6.94. The molecule has 138 valence electrons. The highest BCUT2D eigenvalue weighted by atomic mass is 15.3. The van der Waals surface area contributed by atoms with Crippen LogP contribution >= 0.6 is 0 Å². The SMILES string of the molecule is c1ccc(N2CCN(c3nc(-c4cccnc4)nc4ccccc34)CC2)cc1. The zero-order valence-corrected chi connectivity index (χ0v) is 15.6. The molecule has 2 aromatic heterocycles. The van der Waals surface area contributed by atoms with E-state index in [0.717, 1.165) is 54.3 Å². The fourth-order valence-electron chi connectivity index (χ4n) is 3.74. The Morgan fingerprint density at radius 2 is 1.43 bits per heavy atom. The Morgan fingerprint density at radius 3 is 2.21 bits per heavy atom. The minimum atomic E-state index is 0.729. The Bertz CT molecular complexity index is 1070. The van der Waals surface area contributed by atoms with Crippen molar-refractivity contribution in [3.8, 4) is 11.4 Å². The van der Waals surface area contributed by atoms with Crippen molar-refractivity contribution in [2.75, 3.05) is 36.0 Å². The molecule has 0 spiro atoms. The molecule has 0 N–H and O–H groups in total. The number of nitrogens with zero attached hydrogens (tertiary/aromatic N) is 5. The van der Waals surface area contributed by atoms with Gasteiger partial charge in [0, 0.05) is 55.2 Å². The van der Waals surface area contributed by atoms with E-state index in [2.05, 4.69) is 63.3 Å². The van der Waals surface area contributed by atoms with Crippen LogP contribution in [0.2, 0.25) is 0 Å². The molecule has 5 nitrogen and oxygen atoms in total. The number of aromatic nitrogens is 3. The van der Waals surface area contributed by atoms with Gasteiger partial charge in [-0.05, 0) is 36.4 Å². The van der Waals surface area contributed by atoms with Crippen molar-refractivity contribution < 1.29 is 0 Å². The van der Waals surface area contributed by atoms with E-state index < -0.39 is 0 Å². The van der Waals surface area contributed by atoms with Gasteiger partial charge in [-0.2, -0.15) is 0 Å². The lowest BCUT2D eigenvalue weighted by molar-refractivity contribution is 0.649. The summed E-state index contributed by atoms with van der Waals surface area (Å²) in [5.41, 5.74) is 3.19. The molecule has 0 atom stereocenters. The monoisotopic (exact) mass is 367 g/mol. The van der Waals surface area contributed by atoms with Gasteiger partial charge in [0.25, 0.3) is 0 Å². The van der Waals surface area contributed by atoms with E-state index in [0.29, 0.717) is 0 Å². The highest BCUT2D eigenvalue weighted by Crippen LogP contribution is 2.28. The summed E-state index contributed by atoms with van der Waals surface area (Å²) in [5.74, 6) is 1.74. The largest absolute Gasteiger partial charge is 0.368 e. The van der Waals surface area contributed by atoms with Crippen LogP contribution in [0.5, 0.6) is 0 Å². The lowest BCUT2D eigenvalue weighted by Crippen LogP contribution is -2.47. The minimum Gasteiger partial charge on any atom is -0.368 e. The highest BCUT2D eigenvalue weighted by molar-refractivity contribution is 5.91. The van der Waals surface area contributed by atoms with E-state index in [9.17, 15) is 0 Å². The molecule has 5 heteroatoms. The van der Waals surface area contributed by atoms with Gasteiger partial charge in [0.15, 0.2) is 5.82 Å². The molecule has 1 fully saturated rings. The molecule has 1 saturated heterocycles. The van der Waals surface area contributed by atoms with Crippen LogP contribution in [0, 0.1) is 0 Å². The molecule has 2 aromatic carbocycles. The average molecular weight is 367 g/mol. The van der Waals surface area contributed by atoms with Crippen LogP contribution in [0.4, 0.5) is 11.5 Å². The molecular weight excluding hydrogens is 346 g/mol. The Kier molecular flexibility index (Phi) is 4.33. The predicted molar refractivity (Wildman–Crippen MR) is 114 cm³/mol. The van der Waals surface area contributed by atoms with Crippen LogP contribution in [0.25, 0.3) is 22.3 Å². The number of para-hydroxylation sites is 2. The second-order valence-corrected chi connectivity index (χ2v) is 6.94. The van der Waals surface area contributed by atoms with Gasteiger partial charge in [0.2, 0.25) is 0 Å². The maximum absolute atomic E-state index is 4.95. The number of benzene rings is 2. The lowest BCUT2D eigenvalue weighted by atomic mass is 10.1. The summed E-state index contributed by atoms with van der Waals surface area (Å²) in [6, 6.07) is 22.8. The van der Waals surface area contributed by atoms with Gasteiger partial charge in [-0.3, -0.25) is 4.98 Å². The molecular formula is C23H21N5. The molecule has 0 unspecified atom stereocenters. The van der Waals surface area contributed by atoms with E-state index in [1.165, 1.54) is 5.69 Å². The van der Waals surface area contributed by atoms with Crippen molar-refractivity contribution in [1.82, 2.24) is 15.0 Å².